The van der Waals surface area contributed by atoms with Crippen molar-refractivity contribution in [3.05, 3.63) is 59.2 Å². The van der Waals surface area contributed by atoms with Gasteiger partial charge in [-0.3, -0.25) is 19.3 Å². The number of hydrogen-bond donors (Lipinski definition) is 1. The van der Waals surface area contributed by atoms with Crippen LogP contribution in [0.15, 0.2) is 42.5 Å². The summed E-state index contributed by atoms with van der Waals surface area (Å²) in [5.41, 5.74) is 3.39. The van der Waals surface area contributed by atoms with Crippen LogP contribution in [0, 0.1) is 23.7 Å². The first kappa shape index (κ1) is 25.7. The zero-order valence-electron chi connectivity index (χ0n) is 20.6. The first-order valence-corrected chi connectivity index (χ1v) is 13.5. The number of esters is 1. The second-order valence-corrected chi connectivity index (χ2v) is 10.9. The normalized spacial score (nSPS) is 27.9. The predicted octanol–water partition coefficient (Wildman–Crippen LogP) is 4.58. The van der Waals surface area contributed by atoms with Gasteiger partial charge in [0.2, 0.25) is 11.8 Å². The average molecular weight is 543 g/mol. The van der Waals surface area contributed by atoms with Crippen molar-refractivity contribution >= 4 is 58.3 Å². The quantitative estimate of drug-likeness (QED) is 0.314. The third-order valence-electron chi connectivity index (χ3n) is 7.95. The third-order valence-corrected chi connectivity index (χ3v) is 9.27. The van der Waals surface area contributed by atoms with E-state index in [2.05, 4.69) is 5.32 Å². The number of para-hydroxylation sites is 1. The molecule has 37 heavy (non-hydrogen) atoms. The molecule has 2 aromatic carbocycles. The number of carbonyl (C=O) groups excluding carboxylic acids is 4. The van der Waals surface area contributed by atoms with Crippen LogP contribution in [0.2, 0.25) is 0 Å². The topological polar surface area (TPSA) is 92.8 Å². The lowest BCUT2D eigenvalue weighted by molar-refractivity contribution is -0.123. The largest absolute Gasteiger partial charge is 0.452 e. The Balaban J connectivity index is 1.22. The number of fused-ring (bicyclic) bond motifs is 5. The fraction of sp³-hybridized carbons (Fsp3) is 0.429. The Morgan fingerprint density at radius 1 is 0.919 bits per heavy atom. The number of imide groups is 1. The Labute approximate surface area is 225 Å². The molecule has 2 aliphatic carbocycles. The summed E-state index contributed by atoms with van der Waals surface area (Å²) in [5.74, 6) is -2.70. The highest BCUT2D eigenvalue weighted by atomic mass is 35.5. The number of ether oxygens (including phenoxy) is 1. The van der Waals surface area contributed by atoms with E-state index in [1.807, 2.05) is 32.0 Å². The number of nitrogens with one attached hydrogen (secondary N) is 1. The molecule has 3 amide bonds. The van der Waals surface area contributed by atoms with Crippen LogP contribution >= 0.6 is 23.2 Å². The van der Waals surface area contributed by atoms with E-state index in [1.165, 1.54) is 29.2 Å². The number of benzene rings is 2. The molecular weight excluding hydrogens is 515 g/mol. The van der Waals surface area contributed by atoms with Crippen LogP contribution in [0.1, 0.15) is 41.8 Å². The average Bonchev–Trinajstić information content (AvgIpc) is 3.52. The fourth-order valence-electron chi connectivity index (χ4n) is 6.14. The van der Waals surface area contributed by atoms with Gasteiger partial charge in [-0.1, -0.05) is 32.0 Å². The minimum absolute atomic E-state index is 0.0984. The third kappa shape index (κ3) is 4.32. The first-order chi connectivity index (χ1) is 17.8. The zero-order chi connectivity index (χ0) is 26.4. The molecule has 9 heteroatoms. The number of amides is 3. The Kier molecular flexibility index (Phi) is 7.03. The Morgan fingerprint density at radius 2 is 1.46 bits per heavy atom. The van der Waals surface area contributed by atoms with Crippen molar-refractivity contribution in [3.8, 4) is 0 Å². The molecule has 0 aromatic heterocycles. The lowest BCUT2D eigenvalue weighted by Gasteiger charge is -2.28. The molecule has 2 aromatic rings. The van der Waals surface area contributed by atoms with Crippen molar-refractivity contribution in [3.63, 3.8) is 0 Å². The molecule has 0 radical (unpaired) electrons. The number of carbonyl (C=O) groups is 4. The standard InChI is InChI=1S/C28H28Cl2N2O5/c1-3-14-6-5-7-15(4-2)25(14)31-20(33)13-37-28(36)16-8-10-17(11-9-16)32-26(34)21-18-12-19(22(21)27(32)35)24(30)23(18)29/h5-11,18-19,21-24H,3-4,12-13H2,1-2H3,(H,31,33)/t18-,19-,21-,22+,23+,24+/m1/s1. The molecule has 5 rings (SSSR count). The summed E-state index contributed by atoms with van der Waals surface area (Å²) in [6.07, 6.45) is 2.23. The molecule has 6 atom stereocenters. The first-order valence-electron chi connectivity index (χ1n) is 12.6. The maximum absolute atomic E-state index is 13.1. The fourth-order valence-corrected chi connectivity index (χ4v) is 7.04. The van der Waals surface area contributed by atoms with Gasteiger partial charge in [0.1, 0.15) is 0 Å². The van der Waals surface area contributed by atoms with Crippen molar-refractivity contribution < 1.29 is 23.9 Å². The van der Waals surface area contributed by atoms with E-state index in [0.717, 1.165) is 29.7 Å². The van der Waals surface area contributed by atoms with Gasteiger partial charge in [0, 0.05) is 5.69 Å². The second kappa shape index (κ2) is 10.1. The van der Waals surface area contributed by atoms with Gasteiger partial charge in [0.15, 0.2) is 6.61 Å². The van der Waals surface area contributed by atoms with Gasteiger partial charge in [-0.2, -0.15) is 0 Å². The maximum Gasteiger partial charge on any atom is 0.338 e. The maximum atomic E-state index is 13.1. The molecule has 3 fully saturated rings. The van der Waals surface area contributed by atoms with Crippen molar-refractivity contribution in [1.29, 1.82) is 0 Å². The number of halogens is 2. The van der Waals surface area contributed by atoms with Crippen LogP contribution in [0.4, 0.5) is 11.4 Å². The Bertz CT molecular complexity index is 1210. The summed E-state index contributed by atoms with van der Waals surface area (Å²) in [4.78, 5) is 52.5. The van der Waals surface area contributed by atoms with Gasteiger partial charge < -0.3 is 10.1 Å². The van der Waals surface area contributed by atoms with Crippen molar-refractivity contribution in [2.24, 2.45) is 23.7 Å². The number of anilines is 2. The molecular formula is C28H28Cl2N2O5. The highest BCUT2D eigenvalue weighted by Crippen LogP contribution is 2.59. The van der Waals surface area contributed by atoms with Crippen LogP contribution in [-0.2, 0) is 32.0 Å². The molecule has 1 heterocycles. The summed E-state index contributed by atoms with van der Waals surface area (Å²) >= 11 is 12.8. The smallest absolute Gasteiger partial charge is 0.338 e. The van der Waals surface area contributed by atoms with Gasteiger partial charge in [-0.15, -0.1) is 23.2 Å². The van der Waals surface area contributed by atoms with Crippen molar-refractivity contribution in [2.75, 3.05) is 16.8 Å². The van der Waals surface area contributed by atoms with Gasteiger partial charge in [-0.25, -0.2) is 4.79 Å². The van der Waals surface area contributed by atoms with E-state index in [-0.39, 0.29) is 40.0 Å². The molecule has 0 spiro atoms. The van der Waals surface area contributed by atoms with Crippen LogP contribution < -0.4 is 10.2 Å². The van der Waals surface area contributed by atoms with E-state index >= 15 is 0 Å². The SMILES string of the molecule is CCc1cccc(CC)c1NC(=O)COC(=O)c1ccc(N2C(=O)[C@@H]3[C@H]4C[C@@H]([C@H](Cl)[C@H]4Cl)[C@@H]3C2=O)cc1. The molecule has 2 saturated carbocycles. The highest BCUT2D eigenvalue weighted by molar-refractivity contribution is 6.32. The lowest BCUT2D eigenvalue weighted by atomic mass is 9.80. The summed E-state index contributed by atoms with van der Waals surface area (Å²) in [7, 11) is 0. The monoisotopic (exact) mass is 542 g/mol. The van der Waals surface area contributed by atoms with E-state index in [0.29, 0.717) is 12.1 Å². The van der Waals surface area contributed by atoms with Crippen LogP contribution in [0.3, 0.4) is 0 Å². The molecule has 194 valence electrons. The van der Waals surface area contributed by atoms with Crippen LogP contribution in [-0.4, -0.2) is 41.1 Å². The minimum atomic E-state index is -0.676. The zero-order valence-corrected chi connectivity index (χ0v) is 22.1. The number of alkyl halides is 2. The molecule has 2 bridgehead atoms. The van der Waals surface area contributed by atoms with Gasteiger partial charge in [0.05, 0.1) is 33.8 Å². The molecule has 1 N–H and O–H groups in total. The van der Waals surface area contributed by atoms with E-state index in [1.54, 1.807) is 0 Å². The highest BCUT2D eigenvalue weighted by Gasteiger charge is 2.66. The van der Waals surface area contributed by atoms with Crippen LogP contribution in [0.5, 0.6) is 0 Å². The molecule has 3 aliphatic rings. The lowest BCUT2D eigenvalue weighted by Crippen LogP contribution is -2.37. The predicted molar refractivity (Wildman–Crippen MR) is 141 cm³/mol. The number of aryl methyl sites for hydroxylation is 2. The van der Waals surface area contributed by atoms with Crippen molar-refractivity contribution in [2.45, 2.75) is 43.9 Å². The van der Waals surface area contributed by atoms with E-state index < -0.39 is 30.3 Å². The Morgan fingerprint density at radius 3 is 1.97 bits per heavy atom. The van der Waals surface area contributed by atoms with Crippen molar-refractivity contribution in [1.82, 2.24) is 0 Å². The minimum Gasteiger partial charge on any atom is -0.452 e. The summed E-state index contributed by atoms with van der Waals surface area (Å²) < 4.78 is 5.21. The summed E-state index contributed by atoms with van der Waals surface area (Å²) in [5, 5.41) is 2.23. The second-order valence-electron chi connectivity index (χ2n) is 9.85. The molecule has 0 unspecified atom stereocenters. The van der Waals surface area contributed by atoms with Gasteiger partial charge in [-0.05, 0) is 66.5 Å². The summed E-state index contributed by atoms with van der Waals surface area (Å²) in [6, 6.07) is 11.9. The van der Waals surface area contributed by atoms with E-state index in [9.17, 15) is 19.2 Å². The van der Waals surface area contributed by atoms with Gasteiger partial charge in [0.25, 0.3) is 5.91 Å². The number of hydrogen-bond acceptors (Lipinski definition) is 5. The number of rotatable bonds is 7. The van der Waals surface area contributed by atoms with E-state index in [4.69, 9.17) is 27.9 Å². The molecule has 1 aliphatic heterocycles. The molecule has 7 nitrogen and oxygen atoms in total. The summed E-state index contributed by atoms with van der Waals surface area (Å²) in [6.45, 7) is 3.59. The van der Waals surface area contributed by atoms with Crippen LogP contribution in [0.25, 0.3) is 0 Å². The molecule has 1 saturated heterocycles. The Hall–Kier alpha value is -2.90. The number of nitrogens with zero attached hydrogens (tertiary/aromatic N) is 1. The van der Waals surface area contributed by atoms with Gasteiger partial charge >= 0.3 is 5.97 Å².